The molecule has 0 saturated carbocycles. The van der Waals surface area contributed by atoms with Crippen LogP contribution in [0.2, 0.25) is 0 Å². The average Bonchev–Trinajstić information content (AvgIpc) is 3.70. The SMILES string of the molecule is CCCCCCCCCCCCOCCOCCOCCOCCOCCOCCOCCOCCOCCOCCOCCOCCOCCCNC(=O)OCC1c2ccccc2-c2ccccc21. The molecule has 1 aliphatic carbocycles. The molecule has 16 heteroatoms. The van der Waals surface area contributed by atoms with Crippen molar-refractivity contribution in [1.29, 1.82) is 0 Å². The predicted molar refractivity (Wildman–Crippen MR) is 270 cm³/mol. The molecule has 0 fully saturated rings. The number of carbonyl (C=O) groups excluding carboxylic acids is 1. The van der Waals surface area contributed by atoms with Crippen LogP contribution in [-0.2, 0) is 66.3 Å². The van der Waals surface area contributed by atoms with Gasteiger partial charge >= 0.3 is 6.09 Å². The van der Waals surface area contributed by atoms with Crippen LogP contribution in [0.4, 0.5) is 4.79 Å². The number of nitrogens with one attached hydrogen (secondary N) is 1. The maximum atomic E-state index is 12.3. The van der Waals surface area contributed by atoms with Gasteiger partial charge in [0.05, 0.1) is 159 Å². The Labute approximate surface area is 420 Å². The minimum atomic E-state index is -0.416. The molecule has 2 aromatic carbocycles. The zero-order chi connectivity index (χ0) is 49.3. The molecule has 16 nitrogen and oxygen atoms in total. The van der Waals surface area contributed by atoms with Gasteiger partial charge in [-0.2, -0.15) is 0 Å². The molecule has 0 spiro atoms. The summed E-state index contributed by atoms with van der Waals surface area (Å²) in [5, 5.41) is 2.81. The molecular formula is C54H91NO15. The first kappa shape index (κ1) is 61.5. The fourth-order valence-electron chi connectivity index (χ4n) is 7.45. The number of unbranched alkanes of at least 4 members (excludes halogenated alkanes) is 9. The van der Waals surface area contributed by atoms with E-state index in [1.165, 1.54) is 80.0 Å². The molecule has 70 heavy (non-hydrogen) atoms. The number of amides is 1. The summed E-state index contributed by atoms with van der Waals surface area (Å²) in [7, 11) is 0. The Morgan fingerprint density at radius 3 is 0.957 bits per heavy atom. The topological polar surface area (TPSA) is 158 Å². The summed E-state index contributed by atoms with van der Waals surface area (Å²) >= 11 is 0. The molecule has 0 heterocycles. The Morgan fingerprint density at radius 2 is 0.629 bits per heavy atom. The molecule has 0 radical (unpaired) electrons. The lowest BCUT2D eigenvalue weighted by molar-refractivity contribution is -0.0290. The molecule has 0 unspecified atom stereocenters. The third kappa shape index (κ3) is 33.8. The second kappa shape index (κ2) is 47.2. The van der Waals surface area contributed by atoms with Gasteiger partial charge < -0.3 is 71.6 Å². The largest absolute Gasteiger partial charge is 0.449 e. The van der Waals surface area contributed by atoms with E-state index in [0.717, 1.165) is 13.0 Å². The summed E-state index contributed by atoms with van der Waals surface area (Å²) in [6, 6.07) is 16.6. The lowest BCUT2D eigenvalue weighted by atomic mass is 9.98. The van der Waals surface area contributed by atoms with Crippen LogP contribution >= 0.6 is 0 Å². The molecule has 1 N–H and O–H groups in total. The number of hydrogen-bond donors (Lipinski definition) is 1. The minimum absolute atomic E-state index is 0.0470. The fraction of sp³-hybridized carbons (Fsp3) is 0.759. The van der Waals surface area contributed by atoms with Crippen molar-refractivity contribution in [2.24, 2.45) is 0 Å². The summed E-state index contributed by atoms with van der Waals surface area (Å²) < 4.78 is 77.8. The van der Waals surface area contributed by atoms with E-state index >= 15 is 0 Å². The third-order valence-corrected chi connectivity index (χ3v) is 11.2. The molecule has 402 valence electrons. The molecule has 0 aliphatic heterocycles. The van der Waals surface area contributed by atoms with Crippen LogP contribution in [0.5, 0.6) is 0 Å². The number of alkyl carbamates (subject to hydrolysis) is 1. The average molecular weight is 994 g/mol. The van der Waals surface area contributed by atoms with Crippen molar-refractivity contribution in [3.05, 3.63) is 59.7 Å². The summed E-state index contributed by atoms with van der Waals surface area (Å²) in [5.41, 5.74) is 4.81. The first-order chi connectivity index (χ1) is 34.8. The quantitative estimate of drug-likeness (QED) is 0.0635. The lowest BCUT2D eigenvalue weighted by Gasteiger charge is -2.14. The zero-order valence-corrected chi connectivity index (χ0v) is 42.9. The Kier molecular flexibility index (Phi) is 41.5. The van der Waals surface area contributed by atoms with Crippen molar-refractivity contribution < 1.29 is 71.1 Å². The van der Waals surface area contributed by atoms with E-state index in [-0.39, 0.29) is 5.92 Å². The van der Waals surface area contributed by atoms with Gasteiger partial charge in [-0.05, 0) is 35.1 Å². The summed E-state index contributed by atoms with van der Waals surface area (Å²) in [6.07, 6.45) is 13.6. The van der Waals surface area contributed by atoms with E-state index in [9.17, 15) is 4.79 Å². The zero-order valence-electron chi connectivity index (χ0n) is 42.9. The molecule has 3 rings (SSSR count). The van der Waals surface area contributed by atoms with Gasteiger partial charge in [0, 0.05) is 25.7 Å². The predicted octanol–water partition coefficient (Wildman–Crippen LogP) is 8.05. The molecule has 0 bridgehead atoms. The first-order valence-corrected chi connectivity index (χ1v) is 26.4. The Bertz CT molecular complexity index is 1410. The second-order valence-corrected chi connectivity index (χ2v) is 16.7. The van der Waals surface area contributed by atoms with Gasteiger partial charge in [0.25, 0.3) is 0 Å². The van der Waals surface area contributed by atoms with Crippen molar-refractivity contribution in [2.45, 2.75) is 83.5 Å². The molecule has 0 aromatic heterocycles. The van der Waals surface area contributed by atoms with Gasteiger partial charge in [-0.25, -0.2) is 4.79 Å². The van der Waals surface area contributed by atoms with Crippen LogP contribution < -0.4 is 5.32 Å². The van der Waals surface area contributed by atoms with Gasteiger partial charge in [0.2, 0.25) is 0 Å². The highest BCUT2D eigenvalue weighted by molar-refractivity contribution is 5.79. The van der Waals surface area contributed by atoms with Crippen LogP contribution in [0.25, 0.3) is 11.1 Å². The first-order valence-electron chi connectivity index (χ1n) is 26.4. The highest BCUT2D eigenvalue weighted by atomic mass is 16.6. The van der Waals surface area contributed by atoms with E-state index in [4.69, 9.17) is 66.3 Å². The number of hydrogen-bond acceptors (Lipinski definition) is 15. The van der Waals surface area contributed by atoms with Crippen LogP contribution in [-0.4, -0.2) is 191 Å². The van der Waals surface area contributed by atoms with Crippen LogP contribution in [0.3, 0.4) is 0 Å². The Morgan fingerprint density at radius 1 is 0.357 bits per heavy atom. The second-order valence-electron chi connectivity index (χ2n) is 16.7. The smallest absolute Gasteiger partial charge is 0.407 e. The third-order valence-electron chi connectivity index (χ3n) is 11.2. The number of ether oxygens (including phenoxy) is 14. The highest BCUT2D eigenvalue weighted by Crippen LogP contribution is 2.44. The van der Waals surface area contributed by atoms with E-state index in [0.29, 0.717) is 185 Å². The normalized spacial score (nSPS) is 12.2. The summed E-state index contributed by atoms with van der Waals surface area (Å²) in [5.74, 6) is 0.0470. The van der Waals surface area contributed by atoms with E-state index in [1.54, 1.807) is 0 Å². The minimum Gasteiger partial charge on any atom is -0.449 e. The van der Waals surface area contributed by atoms with Crippen molar-refractivity contribution in [2.75, 3.05) is 185 Å². The molecule has 0 saturated heterocycles. The van der Waals surface area contributed by atoms with Crippen LogP contribution in [0.1, 0.15) is 94.6 Å². The number of benzene rings is 2. The summed E-state index contributed by atoms with van der Waals surface area (Å²) in [6.45, 7) is 16.7. The molecule has 1 amide bonds. The number of rotatable bonds is 53. The van der Waals surface area contributed by atoms with E-state index in [1.807, 2.05) is 24.3 Å². The Balaban J connectivity index is 0.887. The van der Waals surface area contributed by atoms with Crippen molar-refractivity contribution >= 4 is 6.09 Å². The summed E-state index contributed by atoms with van der Waals surface area (Å²) in [4.78, 5) is 12.3. The lowest BCUT2D eigenvalue weighted by Crippen LogP contribution is -2.27. The van der Waals surface area contributed by atoms with Crippen LogP contribution in [0, 0.1) is 0 Å². The van der Waals surface area contributed by atoms with E-state index < -0.39 is 6.09 Å². The monoisotopic (exact) mass is 994 g/mol. The standard InChI is InChI=1S/C54H91NO15/c1-2-3-4-5-6-7-8-9-10-15-22-57-24-26-59-28-30-61-32-34-63-36-38-65-40-42-67-44-46-69-47-45-68-43-41-66-39-37-64-35-33-62-31-29-60-27-25-58-23-16-21-55-54(56)70-48-53-51-19-13-11-17-49(51)50-18-12-14-20-52(50)53/h11-14,17-20,53H,2-10,15-16,21-48H2,1H3,(H,55,56). The van der Waals surface area contributed by atoms with Crippen molar-refractivity contribution in [3.8, 4) is 11.1 Å². The molecule has 0 atom stereocenters. The Hall–Kier alpha value is -2.81. The maximum absolute atomic E-state index is 12.3. The highest BCUT2D eigenvalue weighted by Gasteiger charge is 2.29. The van der Waals surface area contributed by atoms with Crippen molar-refractivity contribution in [3.63, 3.8) is 0 Å². The fourth-order valence-corrected chi connectivity index (χ4v) is 7.45. The number of fused-ring (bicyclic) bond motifs is 3. The van der Waals surface area contributed by atoms with Gasteiger partial charge in [-0.3, -0.25) is 0 Å². The van der Waals surface area contributed by atoms with Crippen molar-refractivity contribution in [1.82, 2.24) is 5.32 Å². The van der Waals surface area contributed by atoms with E-state index in [2.05, 4.69) is 36.5 Å². The maximum Gasteiger partial charge on any atom is 0.407 e. The molecular weight excluding hydrogens is 903 g/mol. The van der Waals surface area contributed by atoms with Crippen LogP contribution in [0.15, 0.2) is 48.5 Å². The molecule has 2 aromatic rings. The molecule has 1 aliphatic rings. The number of carbonyl (C=O) groups is 1. The van der Waals surface area contributed by atoms with Gasteiger partial charge in [-0.1, -0.05) is 113 Å². The van der Waals surface area contributed by atoms with Gasteiger partial charge in [0.1, 0.15) is 6.61 Å². The van der Waals surface area contributed by atoms with Gasteiger partial charge in [0.15, 0.2) is 0 Å². The van der Waals surface area contributed by atoms with Gasteiger partial charge in [-0.15, -0.1) is 0 Å².